The van der Waals surface area contributed by atoms with Crippen LogP contribution in [0.3, 0.4) is 0 Å². The average molecular weight is 249 g/mol. The molecule has 1 aliphatic heterocycles. The summed E-state index contributed by atoms with van der Waals surface area (Å²) in [5.41, 5.74) is 0. The first-order valence-corrected chi connectivity index (χ1v) is 6.85. The van der Waals surface area contributed by atoms with Crippen LogP contribution in [-0.2, 0) is 4.74 Å². The minimum absolute atomic E-state index is 0.360. The van der Waals surface area contributed by atoms with Gasteiger partial charge in [-0.05, 0) is 31.4 Å². The lowest BCUT2D eigenvalue weighted by atomic mass is 10.1. The lowest BCUT2D eigenvalue weighted by Crippen LogP contribution is -2.40. The monoisotopic (exact) mass is 249 g/mol. The second-order valence-corrected chi connectivity index (χ2v) is 4.71. The van der Waals surface area contributed by atoms with Gasteiger partial charge in [0, 0.05) is 26.7 Å². The number of anilines is 2. The number of hydrogen-bond donors (Lipinski definition) is 1. The van der Waals surface area contributed by atoms with Gasteiger partial charge in [-0.3, -0.25) is 0 Å². The SMILES string of the molecule is CCCOC1CCCN(c2cccc(NC)n2)C1. The number of nitrogens with one attached hydrogen (secondary N) is 1. The Kier molecular flexibility index (Phi) is 4.81. The molecule has 18 heavy (non-hydrogen) atoms. The molecule has 1 aromatic rings. The van der Waals surface area contributed by atoms with E-state index in [0.717, 1.165) is 37.8 Å². The van der Waals surface area contributed by atoms with Gasteiger partial charge in [0.25, 0.3) is 0 Å². The van der Waals surface area contributed by atoms with E-state index in [4.69, 9.17) is 4.74 Å². The summed E-state index contributed by atoms with van der Waals surface area (Å²) in [5, 5.41) is 3.08. The third-order valence-corrected chi connectivity index (χ3v) is 3.25. The first-order chi connectivity index (χ1) is 8.83. The van der Waals surface area contributed by atoms with Crippen molar-refractivity contribution in [2.45, 2.75) is 32.3 Å². The van der Waals surface area contributed by atoms with Crippen LogP contribution in [0.2, 0.25) is 0 Å². The molecule has 1 unspecified atom stereocenters. The molecule has 0 spiro atoms. The van der Waals surface area contributed by atoms with Crippen LogP contribution >= 0.6 is 0 Å². The Morgan fingerprint density at radius 3 is 3.17 bits per heavy atom. The van der Waals surface area contributed by atoms with Crippen molar-refractivity contribution < 1.29 is 4.74 Å². The van der Waals surface area contributed by atoms with Crippen LogP contribution in [0.25, 0.3) is 0 Å². The summed E-state index contributed by atoms with van der Waals surface area (Å²) in [5.74, 6) is 1.97. The zero-order chi connectivity index (χ0) is 12.8. The van der Waals surface area contributed by atoms with E-state index in [1.54, 1.807) is 0 Å². The molecule has 1 saturated heterocycles. The molecule has 100 valence electrons. The molecule has 1 atom stereocenters. The van der Waals surface area contributed by atoms with Crippen LogP contribution in [0, 0.1) is 0 Å². The van der Waals surface area contributed by atoms with Gasteiger partial charge in [-0.1, -0.05) is 13.0 Å². The summed E-state index contributed by atoms with van der Waals surface area (Å²) in [6.07, 6.45) is 3.80. The maximum absolute atomic E-state index is 5.86. The molecule has 0 aromatic carbocycles. The zero-order valence-electron chi connectivity index (χ0n) is 11.4. The fourth-order valence-corrected chi connectivity index (χ4v) is 2.31. The number of pyridine rings is 1. The van der Waals surface area contributed by atoms with E-state index in [-0.39, 0.29) is 0 Å². The lowest BCUT2D eigenvalue weighted by molar-refractivity contribution is 0.0439. The number of piperidine rings is 1. The summed E-state index contributed by atoms with van der Waals surface area (Å²) in [6, 6.07) is 6.10. The first kappa shape index (κ1) is 13.1. The Morgan fingerprint density at radius 2 is 2.39 bits per heavy atom. The Hall–Kier alpha value is -1.29. The van der Waals surface area contributed by atoms with Gasteiger partial charge in [-0.15, -0.1) is 0 Å². The Labute approximate surface area is 109 Å². The molecule has 0 aliphatic carbocycles. The third kappa shape index (κ3) is 3.35. The van der Waals surface area contributed by atoms with Crippen molar-refractivity contribution in [3.8, 4) is 0 Å². The summed E-state index contributed by atoms with van der Waals surface area (Å²) in [7, 11) is 1.90. The zero-order valence-corrected chi connectivity index (χ0v) is 11.4. The summed E-state index contributed by atoms with van der Waals surface area (Å²) in [6.45, 7) is 5.05. The Bertz CT molecular complexity index is 370. The first-order valence-electron chi connectivity index (χ1n) is 6.85. The molecule has 1 N–H and O–H groups in total. The molecule has 0 bridgehead atoms. The molecule has 1 aromatic heterocycles. The third-order valence-electron chi connectivity index (χ3n) is 3.25. The Balaban J connectivity index is 1.98. The van der Waals surface area contributed by atoms with E-state index in [9.17, 15) is 0 Å². The van der Waals surface area contributed by atoms with Crippen molar-refractivity contribution in [1.29, 1.82) is 0 Å². The van der Waals surface area contributed by atoms with Crippen LogP contribution in [0.15, 0.2) is 18.2 Å². The predicted molar refractivity (Wildman–Crippen MR) is 75.3 cm³/mol. The van der Waals surface area contributed by atoms with E-state index < -0.39 is 0 Å². The van der Waals surface area contributed by atoms with Crippen LogP contribution in [0.4, 0.5) is 11.6 Å². The van der Waals surface area contributed by atoms with E-state index in [2.05, 4.69) is 28.2 Å². The highest BCUT2D eigenvalue weighted by molar-refractivity contribution is 5.47. The molecule has 4 heteroatoms. The highest BCUT2D eigenvalue weighted by atomic mass is 16.5. The maximum atomic E-state index is 5.86. The van der Waals surface area contributed by atoms with Crippen molar-refractivity contribution in [1.82, 2.24) is 4.98 Å². The van der Waals surface area contributed by atoms with Gasteiger partial charge in [0.15, 0.2) is 0 Å². The number of aromatic nitrogens is 1. The number of nitrogens with zero attached hydrogens (tertiary/aromatic N) is 2. The highest BCUT2D eigenvalue weighted by Crippen LogP contribution is 2.20. The molecular formula is C14H23N3O. The van der Waals surface area contributed by atoms with Gasteiger partial charge < -0.3 is 15.0 Å². The standard InChI is InChI=1S/C14H23N3O/c1-3-10-18-12-6-5-9-17(11-12)14-8-4-7-13(15-2)16-14/h4,7-8,12H,3,5-6,9-11H2,1-2H3,(H,15,16). The number of ether oxygens (including phenoxy) is 1. The van der Waals surface area contributed by atoms with Crippen LogP contribution in [-0.4, -0.2) is 37.8 Å². The van der Waals surface area contributed by atoms with Gasteiger partial charge in [0.1, 0.15) is 11.6 Å². The molecule has 0 radical (unpaired) electrons. The molecular weight excluding hydrogens is 226 g/mol. The molecule has 0 amide bonds. The van der Waals surface area contributed by atoms with Gasteiger partial charge in [-0.25, -0.2) is 4.98 Å². The molecule has 2 heterocycles. The molecule has 4 nitrogen and oxygen atoms in total. The van der Waals surface area contributed by atoms with Crippen molar-refractivity contribution in [2.75, 3.05) is 37.0 Å². The van der Waals surface area contributed by atoms with Crippen LogP contribution in [0.1, 0.15) is 26.2 Å². The molecule has 1 fully saturated rings. The Morgan fingerprint density at radius 1 is 1.50 bits per heavy atom. The van der Waals surface area contributed by atoms with Gasteiger partial charge in [-0.2, -0.15) is 0 Å². The second kappa shape index (κ2) is 6.59. The van der Waals surface area contributed by atoms with Gasteiger partial charge >= 0.3 is 0 Å². The summed E-state index contributed by atoms with van der Waals surface area (Å²) in [4.78, 5) is 6.91. The van der Waals surface area contributed by atoms with Crippen LogP contribution in [0.5, 0.6) is 0 Å². The van der Waals surface area contributed by atoms with E-state index in [1.165, 1.54) is 12.8 Å². The van der Waals surface area contributed by atoms with Crippen molar-refractivity contribution in [3.63, 3.8) is 0 Å². The van der Waals surface area contributed by atoms with Crippen LogP contribution < -0.4 is 10.2 Å². The fourth-order valence-electron chi connectivity index (χ4n) is 2.31. The molecule has 1 aliphatic rings. The summed E-state index contributed by atoms with van der Waals surface area (Å²) >= 11 is 0. The molecule has 2 rings (SSSR count). The lowest BCUT2D eigenvalue weighted by Gasteiger charge is -2.33. The minimum Gasteiger partial charge on any atom is -0.376 e. The second-order valence-electron chi connectivity index (χ2n) is 4.71. The topological polar surface area (TPSA) is 37.4 Å². The van der Waals surface area contributed by atoms with E-state index in [1.807, 2.05) is 19.2 Å². The normalized spacial score (nSPS) is 19.9. The van der Waals surface area contributed by atoms with Crippen molar-refractivity contribution >= 4 is 11.6 Å². The fraction of sp³-hybridized carbons (Fsp3) is 0.643. The van der Waals surface area contributed by atoms with Crippen molar-refractivity contribution in [2.24, 2.45) is 0 Å². The van der Waals surface area contributed by atoms with Gasteiger partial charge in [0.05, 0.1) is 6.10 Å². The van der Waals surface area contributed by atoms with E-state index in [0.29, 0.717) is 6.10 Å². The highest BCUT2D eigenvalue weighted by Gasteiger charge is 2.21. The van der Waals surface area contributed by atoms with E-state index >= 15 is 0 Å². The number of hydrogen-bond acceptors (Lipinski definition) is 4. The number of rotatable bonds is 5. The average Bonchev–Trinajstić information content (AvgIpc) is 2.45. The largest absolute Gasteiger partial charge is 0.376 e. The smallest absolute Gasteiger partial charge is 0.131 e. The summed E-state index contributed by atoms with van der Waals surface area (Å²) < 4.78 is 5.86. The predicted octanol–water partition coefficient (Wildman–Crippen LogP) is 2.52. The quantitative estimate of drug-likeness (QED) is 0.870. The van der Waals surface area contributed by atoms with Gasteiger partial charge in [0.2, 0.25) is 0 Å². The maximum Gasteiger partial charge on any atom is 0.131 e. The van der Waals surface area contributed by atoms with Crippen molar-refractivity contribution in [3.05, 3.63) is 18.2 Å². The molecule has 0 saturated carbocycles. The minimum atomic E-state index is 0.360.